The zero-order valence-electron chi connectivity index (χ0n) is 16.5. The lowest BCUT2D eigenvalue weighted by Crippen LogP contribution is -2.52. The summed E-state index contributed by atoms with van der Waals surface area (Å²) in [6.45, 7) is 1.43. The van der Waals surface area contributed by atoms with Gasteiger partial charge in [-0.1, -0.05) is 34.1 Å². The normalized spacial score (nSPS) is 14.9. The van der Waals surface area contributed by atoms with Gasteiger partial charge >= 0.3 is 6.03 Å². The summed E-state index contributed by atoms with van der Waals surface area (Å²) in [7, 11) is -2.02. The highest BCUT2D eigenvalue weighted by molar-refractivity contribution is 9.10. The van der Waals surface area contributed by atoms with Crippen molar-refractivity contribution in [3.8, 4) is 0 Å². The Balaban J connectivity index is 1.52. The van der Waals surface area contributed by atoms with Crippen LogP contribution >= 0.6 is 15.9 Å². The van der Waals surface area contributed by atoms with Gasteiger partial charge in [0.15, 0.2) is 0 Å². The molecule has 2 aromatic rings. The van der Waals surface area contributed by atoms with Crippen molar-refractivity contribution in [2.45, 2.75) is 11.4 Å². The molecule has 8 nitrogen and oxygen atoms in total. The molecule has 0 aromatic heterocycles. The number of sulfonamides is 1. The standard InChI is InChI=1S/C20H23BrN4O4S/c1-22-19(26)16-7-5-15(6-8-16)14-23-20(27)24-9-11-25(12-10-24)30(28,29)18-4-2-3-17(21)13-18/h2-8,13H,9-12,14H2,1H3,(H,22,26)(H,23,27). The van der Waals surface area contributed by atoms with E-state index in [0.29, 0.717) is 29.7 Å². The minimum atomic E-state index is -3.59. The van der Waals surface area contributed by atoms with Crippen molar-refractivity contribution < 1.29 is 18.0 Å². The number of amides is 3. The van der Waals surface area contributed by atoms with Crippen molar-refractivity contribution in [3.63, 3.8) is 0 Å². The highest BCUT2D eigenvalue weighted by Crippen LogP contribution is 2.21. The fourth-order valence-corrected chi connectivity index (χ4v) is 5.14. The summed E-state index contributed by atoms with van der Waals surface area (Å²) in [4.78, 5) is 25.8. The van der Waals surface area contributed by atoms with Gasteiger partial charge in [-0.25, -0.2) is 13.2 Å². The average Bonchev–Trinajstić information content (AvgIpc) is 2.77. The quantitative estimate of drug-likeness (QED) is 0.663. The summed E-state index contributed by atoms with van der Waals surface area (Å²) in [5, 5.41) is 5.39. The van der Waals surface area contributed by atoms with E-state index in [0.717, 1.165) is 5.56 Å². The molecular formula is C20H23BrN4O4S. The maximum Gasteiger partial charge on any atom is 0.317 e. The fourth-order valence-electron chi connectivity index (χ4n) is 3.12. The molecule has 0 unspecified atom stereocenters. The highest BCUT2D eigenvalue weighted by atomic mass is 79.9. The summed E-state index contributed by atoms with van der Waals surface area (Å²) in [6, 6.07) is 13.3. The molecule has 0 spiro atoms. The smallest absolute Gasteiger partial charge is 0.317 e. The summed E-state index contributed by atoms with van der Waals surface area (Å²) >= 11 is 3.29. The van der Waals surface area contributed by atoms with Gasteiger partial charge in [-0.15, -0.1) is 0 Å². The molecule has 1 saturated heterocycles. The van der Waals surface area contributed by atoms with Crippen LogP contribution in [-0.4, -0.2) is 62.8 Å². The molecule has 160 valence electrons. The number of halogens is 1. The van der Waals surface area contributed by atoms with Gasteiger partial charge in [0.25, 0.3) is 5.91 Å². The Morgan fingerprint density at radius 1 is 1.03 bits per heavy atom. The van der Waals surface area contributed by atoms with Crippen molar-refractivity contribution in [1.29, 1.82) is 0 Å². The Morgan fingerprint density at radius 2 is 1.70 bits per heavy atom. The zero-order valence-corrected chi connectivity index (χ0v) is 18.9. The SMILES string of the molecule is CNC(=O)c1ccc(CNC(=O)N2CCN(S(=O)(=O)c3cccc(Br)c3)CC2)cc1. The van der Waals surface area contributed by atoms with Crippen LogP contribution in [0.4, 0.5) is 4.79 Å². The number of carbonyl (C=O) groups excluding carboxylic acids is 2. The van der Waals surface area contributed by atoms with Crippen LogP contribution in [0.1, 0.15) is 15.9 Å². The third-order valence-corrected chi connectivity index (χ3v) is 7.23. The average molecular weight is 495 g/mol. The number of benzene rings is 2. The fraction of sp³-hybridized carbons (Fsp3) is 0.300. The van der Waals surface area contributed by atoms with E-state index in [2.05, 4.69) is 26.6 Å². The van der Waals surface area contributed by atoms with Gasteiger partial charge in [-0.3, -0.25) is 4.79 Å². The number of piperazine rings is 1. The molecule has 10 heteroatoms. The molecule has 3 amide bonds. The van der Waals surface area contributed by atoms with Crippen LogP contribution in [0.5, 0.6) is 0 Å². The van der Waals surface area contributed by atoms with E-state index in [1.54, 1.807) is 60.5 Å². The van der Waals surface area contributed by atoms with Crippen LogP contribution in [0.15, 0.2) is 57.9 Å². The lowest BCUT2D eigenvalue weighted by atomic mass is 10.1. The number of nitrogens with zero attached hydrogens (tertiary/aromatic N) is 2. The highest BCUT2D eigenvalue weighted by Gasteiger charge is 2.30. The first-order valence-electron chi connectivity index (χ1n) is 9.41. The Morgan fingerprint density at radius 3 is 2.30 bits per heavy atom. The van der Waals surface area contributed by atoms with Crippen molar-refractivity contribution in [2.24, 2.45) is 0 Å². The molecule has 3 rings (SSSR count). The summed E-state index contributed by atoms with van der Waals surface area (Å²) in [5.74, 6) is -0.165. The number of hydrogen-bond donors (Lipinski definition) is 2. The van der Waals surface area contributed by atoms with Gasteiger partial charge < -0.3 is 15.5 Å². The number of urea groups is 1. The summed E-state index contributed by atoms with van der Waals surface area (Å²) < 4.78 is 27.7. The zero-order chi connectivity index (χ0) is 21.7. The Hall–Kier alpha value is -2.43. The van der Waals surface area contributed by atoms with Gasteiger partial charge in [-0.2, -0.15) is 4.31 Å². The molecule has 0 saturated carbocycles. The van der Waals surface area contributed by atoms with E-state index in [1.807, 2.05) is 0 Å². The van der Waals surface area contributed by atoms with Crippen LogP contribution < -0.4 is 10.6 Å². The molecule has 30 heavy (non-hydrogen) atoms. The van der Waals surface area contributed by atoms with Gasteiger partial charge in [0.05, 0.1) is 4.90 Å². The first-order chi connectivity index (χ1) is 14.3. The van der Waals surface area contributed by atoms with E-state index >= 15 is 0 Å². The molecule has 2 aromatic carbocycles. The van der Waals surface area contributed by atoms with Crippen molar-refractivity contribution in [3.05, 3.63) is 64.1 Å². The van der Waals surface area contributed by atoms with Crippen LogP contribution in [0.3, 0.4) is 0 Å². The summed E-state index contributed by atoms with van der Waals surface area (Å²) in [5.41, 5.74) is 1.42. The molecular weight excluding hydrogens is 472 g/mol. The number of nitrogens with one attached hydrogen (secondary N) is 2. The van der Waals surface area contributed by atoms with Gasteiger partial charge in [0.2, 0.25) is 10.0 Å². The van der Waals surface area contributed by atoms with E-state index in [1.165, 1.54) is 4.31 Å². The third-order valence-electron chi connectivity index (χ3n) is 4.85. The maximum absolute atomic E-state index is 12.8. The molecule has 0 atom stereocenters. The molecule has 1 aliphatic rings. The topological polar surface area (TPSA) is 98.8 Å². The second-order valence-corrected chi connectivity index (χ2v) is 9.64. The van der Waals surface area contributed by atoms with E-state index in [4.69, 9.17) is 0 Å². The van der Waals surface area contributed by atoms with Crippen molar-refractivity contribution in [2.75, 3.05) is 33.2 Å². The number of carbonyl (C=O) groups is 2. The van der Waals surface area contributed by atoms with Gasteiger partial charge in [0, 0.05) is 49.8 Å². The predicted molar refractivity (Wildman–Crippen MR) is 117 cm³/mol. The van der Waals surface area contributed by atoms with Crippen LogP contribution in [0.25, 0.3) is 0 Å². The maximum atomic E-state index is 12.8. The molecule has 0 bridgehead atoms. The Bertz CT molecular complexity index is 1020. The van der Waals surface area contributed by atoms with Crippen LogP contribution in [0, 0.1) is 0 Å². The first kappa shape index (κ1) is 22.3. The second-order valence-electron chi connectivity index (χ2n) is 6.78. The predicted octanol–water partition coefficient (Wildman–Crippen LogP) is 2.02. The van der Waals surface area contributed by atoms with Crippen molar-refractivity contribution >= 4 is 37.9 Å². The second kappa shape index (κ2) is 9.59. The molecule has 0 aliphatic carbocycles. The van der Waals surface area contributed by atoms with Crippen LogP contribution in [0.2, 0.25) is 0 Å². The van der Waals surface area contributed by atoms with E-state index in [9.17, 15) is 18.0 Å². The van der Waals surface area contributed by atoms with Crippen molar-refractivity contribution in [1.82, 2.24) is 19.8 Å². The minimum Gasteiger partial charge on any atom is -0.355 e. The monoisotopic (exact) mass is 494 g/mol. The number of rotatable bonds is 5. The van der Waals surface area contributed by atoms with E-state index < -0.39 is 10.0 Å². The lowest BCUT2D eigenvalue weighted by molar-refractivity contribution is 0.0963. The van der Waals surface area contributed by atoms with Gasteiger partial charge in [0.1, 0.15) is 0 Å². The Labute approximate surface area is 184 Å². The largest absolute Gasteiger partial charge is 0.355 e. The third kappa shape index (κ3) is 5.18. The first-order valence-corrected chi connectivity index (χ1v) is 11.6. The lowest BCUT2D eigenvalue weighted by Gasteiger charge is -2.34. The Kier molecular flexibility index (Phi) is 7.11. The molecule has 2 N–H and O–H groups in total. The van der Waals surface area contributed by atoms with Gasteiger partial charge in [-0.05, 0) is 35.9 Å². The molecule has 1 aliphatic heterocycles. The van der Waals surface area contributed by atoms with E-state index in [-0.39, 0.29) is 29.9 Å². The molecule has 0 radical (unpaired) electrons. The molecule has 1 fully saturated rings. The molecule has 1 heterocycles. The minimum absolute atomic E-state index is 0.165. The number of hydrogen-bond acceptors (Lipinski definition) is 4. The van der Waals surface area contributed by atoms with Crippen LogP contribution in [-0.2, 0) is 16.6 Å². The summed E-state index contributed by atoms with van der Waals surface area (Å²) in [6.07, 6.45) is 0.